The molecule has 570 valence electrons. The SMILES string of the molecule is c1ccc2c([S+](c3ccc(OCC4CCCCC4)c4ccccc34)C3CCCCC3)cccc2c1.c1ccc2c([S+](c3cccc4ccccc34)c3ccc(OCC4CCCCC4)c4ccccc34)cccc2c1.c1ccc2cc([S+](c3ccc4ccccc4c3)c3ccc(OCCC4CCCCC4)c4ccccc34)ccc2c1. The van der Waals surface area contributed by atoms with Crippen molar-refractivity contribution in [2.45, 2.75) is 179 Å². The Morgan fingerprint density at radius 3 is 0.974 bits per heavy atom. The quantitative estimate of drug-likeness (QED) is 0.0755. The third-order valence-corrected chi connectivity index (χ3v) is 32.3. The van der Waals surface area contributed by atoms with Gasteiger partial charge in [-0.05, 0) is 229 Å². The molecular formula is C108H105O3S3+3. The van der Waals surface area contributed by atoms with Crippen LogP contribution in [-0.4, -0.2) is 25.1 Å². The molecule has 4 aliphatic rings. The molecule has 0 bridgehead atoms. The van der Waals surface area contributed by atoms with Gasteiger partial charge in [0.1, 0.15) is 33.4 Å². The van der Waals surface area contributed by atoms with Gasteiger partial charge in [0.05, 0.1) is 41.6 Å². The summed E-state index contributed by atoms with van der Waals surface area (Å²) < 4.78 is 19.6. The van der Waals surface area contributed by atoms with Crippen molar-refractivity contribution < 1.29 is 14.2 Å². The van der Waals surface area contributed by atoms with Gasteiger partial charge in [-0.15, -0.1) is 0 Å². The molecule has 114 heavy (non-hydrogen) atoms. The molecule has 0 aliphatic heterocycles. The van der Waals surface area contributed by atoms with Crippen LogP contribution in [-0.2, 0) is 32.7 Å². The molecule has 6 heteroatoms. The zero-order valence-corrected chi connectivity index (χ0v) is 68.3. The van der Waals surface area contributed by atoms with Crippen LogP contribution in [0.2, 0.25) is 0 Å². The monoisotopic (exact) mass is 1550 g/mol. The molecule has 4 aliphatic carbocycles. The van der Waals surface area contributed by atoms with E-state index < -0.39 is 0 Å². The lowest BCUT2D eigenvalue weighted by atomic mass is 9.87. The summed E-state index contributed by atoms with van der Waals surface area (Å²) in [6.45, 7) is 2.48. The number of fused-ring (bicyclic) bond motifs is 8. The predicted octanol–water partition coefficient (Wildman–Crippen LogP) is 30.1. The molecule has 0 heterocycles. The van der Waals surface area contributed by atoms with Gasteiger partial charge in [0.15, 0.2) is 39.2 Å². The van der Waals surface area contributed by atoms with Crippen LogP contribution < -0.4 is 14.2 Å². The predicted molar refractivity (Wildman–Crippen MR) is 488 cm³/mol. The highest BCUT2D eigenvalue weighted by Gasteiger charge is 2.40. The average molecular weight is 1550 g/mol. The average Bonchev–Trinajstić information content (AvgIpc) is 0.772. The van der Waals surface area contributed by atoms with Gasteiger partial charge < -0.3 is 14.2 Å². The Bertz CT molecular complexity index is 5810. The largest absolute Gasteiger partial charge is 0.493 e. The first-order valence-corrected chi connectivity index (χ1v) is 46.4. The number of hydrogen-bond acceptors (Lipinski definition) is 3. The normalized spacial score (nSPS) is 15.7. The van der Waals surface area contributed by atoms with Crippen molar-refractivity contribution in [2.24, 2.45) is 17.8 Å². The van der Waals surface area contributed by atoms with Gasteiger partial charge in [0.25, 0.3) is 0 Å². The van der Waals surface area contributed by atoms with Crippen LogP contribution in [0.1, 0.15) is 135 Å². The Morgan fingerprint density at radius 1 is 0.219 bits per heavy atom. The molecule has 1 atom stereocenters. The minimum Gasteiger partial charge on any atom is -0.493 e. The van der Waals surface area contributed by atoms with E-state index in [0.29, 0.717) is 11.2 Å². The maximum absolute atomic E-state index is 6.55. The lowest BCUT2D eigenvalue weighted by Gasteiger charge is -2.25. The van der Waals surface area contributed by atoms with Gasteiger partial charge in [-0.25, -0.2) is 0 Å². The second-order valence-electron chi connectivity index (χ2n) is 32.3. The van der Waals surface area contributed by atoms with Gasteiger partial charge in [0.2, 0.25) is 0 Å². The van der Waals surface area contributed by atoms with E-state index in [-0.39, 0.29) is 32.7 Å². The van der Waals surface area contributed by atoms with Crippen molar-refractivity contribution in [3.8, 4) is 17.2 Å². The summed E-state index contributed by atoms with van der Waals surface area (Å²) in [7, 11) is -0.544. The van der Waals surface area contributed by atoms with Crippen LogP contribution >= 0.6 is 0 Å². The van der Waals surface area contributed by atoms with Crippen LogP contribution in [0.15, 0.2) is 361 Å². The van der Waals surface area contributed by atoms with Crippen molar-refractivity contribution in [3.05, 3.63) is 322 Å². The van der Waals surface area contributed by atoms with Crippen LogP contribution in [0, 0.1) is 17.8 Å². The van der Waals surface area contributed by atoms with E-state index in [2.05, 4.69) is 322 Å². The van der Waals surface area contributed by atoms with E-state index in [4.69, 9.17) is 14.2 Å². The third kappa shape index (κ3) is 16.8. The molecule has 0 radical (unpaired) electrons. The summed E-state index contributed by atoms with van der Waals surface area (Å²) in [5.41, 5.74) is 0. The number of hydrogen-bond donors (Lipinski definition) is 0. The number of rotatable bonds is 19. The Morgan fingerprint density at radius 2 is 0.526 bits per heavy atom. The summed E-state index contributed by atoms with van der Waals surface area (Å²) in [4.78, 5) is 11.1. The Balaban J connectivity index is 0.000000119. The molecule has 16 aromatic rings. The standard InChI is InChI=1S/C38H35OS.C37H33OS.C33H37OS/c1-2-10-28(11-3-1)24-25-39-37-22-23-38(36-17-9-8-16-35(36)37)40(33-20-18-29-12-4-6-14-31(29)26-33)34-21-19-30-13-5-7-15-32(30)27-34;1-2-12-27(13-3-1)26-38-34-24-25-37(33-21-9-8-20-32(33)34)39(35-22-10-16-28-14-4-6-18-30(28)35)36-23-11-17-29-15-5-7-19-31(29)36;1-3-12-25(13-4-1)24-34-31-22-23-33(30-20-10-9-19-29(30)31)35(27-16-5-2-6-17-27)32-21-11-15-26-14-7-8-18-28(26)32/h4-9,12-23,26-28H,1-3,10-11,24-25H2;4-11,14-25,27H,1-3,12-13,26H2;7-11,14-15,18-23,25,27H,1-6,12-13,16-17,24H2/q3*+1. The van der Waals surface area contributed by atoms with Crippen molar-refractivity contribution in [2.75, 3.05) is 19.8 Å². The van der Waals surface area contributed by atoms with Gasteiger partial charge in [-0.2, -0.15) is 0 Å². The molecular weight excluding hydrogens is 1440 g/mol. The fourth-order valence-corrected chi connectivity index (χ4v) is 26.7. The summed E-state index contributed by atoms with van der Waals surface area (Å²) in [6.07, 6.45) is 28.2. The van der Waals surface area contributed by atoms with Crippen molar-refractivity contribution in [1.29, 1.82) is 0 Å². The zero-order valence-electron chi connectivity index (χ0n) is 65.8. The minimum atomic E-state index is -0.310. The molecule has 0 amide bonds. The van der Waals surface area contributed by atoms with E-state index in [0.717, 1.165) is 55.3 Å². The number of ether oxygens (including phenoxy) is 3. The lowest BCUT2D eigenvalue weighted by molar-refractivity contribution is 0.210. The molecule has 0 aromatic heterocycles. The highest BCUT2D eigenvalue weighted by atomic mass is 32.2. The fraction of sp³-hybridized carbons (Fsp3) is 0.259. The molecule has 0 saturated heterocycles. The Hall–Kier alpha value is -9.95. The van der Waals surface area contributed by atoms with Gasteiger partial charge in [0, 0.05) is 60.6 Å². The molecule has 3 nitrogen and oxygen atoms in total. The molecule has 4 fully saturated rings. The van der Waals surface area contributed by atoms with E-state index in [1.807, 2.05) is 0 Å². The van der Waals surface area contributed by atoms with Crippen molar-refractivity contribution >= 4 is 119 Å². The summed E-state index contributed by atoms with van der Waals surface area (Å²) in [6, 6.07) is 119. The van der Waals surface area contributed by atoms with E-state index in [1.54, 1.807) is 0 Å². The lowest BCUT2D eigenvalue weighted by Crippen LogP contribution is -2.25. The minimum absolute atomic E-state index is 0.0411. The van der Waals surface area contributed by atoms with Gasteiger partial charge in [-0.3, -0.25) is 0 Å². The van der Waals surface area contributed by atoms with E-state index >= 15 is 0 Å². The van der Waals surface area contributed by atoms with E-state index in [9.17, 15) is 0 Å². The first-order chi connectivity index (χ1) is 56.6. The molecule has 0 spiro atoms. The second-order valence-corrected chi connectivity index (χ2v) is 38.4. The second kappa shape index (κ2) is 36.3. The fourth-order valence-electron chi connectivity index (χ4n) is 18.8. The summed E-state index contributed by atoms with van der Waals surface area (Å²) in [5.74, 6) is 5.31. The first-order valence-electron chi connectivity index (χ1n) is 42.6. The Kier molecular flexibility index (Phi) is 24.0. The Labute approximate surface area is 683 Å². The van der Waals surface area contributed by atoms with Crippen LogP contribution in [0.3, 0.4) is 0 Å². The van der Waals surface area contributed by atoms with Crippen LogP contribution in [0.4, 0.5) is 0 Å². The molecule has 20 rings (SSSR count). The highest BCUT2D eigenvalue weighted by Crippen LogP contribution is 2.47. The summed E-state index contributed by atoms with van der Waals surface area (Å²) in [5, 5.41) is 21.5. The van der Waals surface area contributed by atoms with Crippen molar-refractivity contribution in [3.63, 3.8) is 0 Å². The van der Waals surface area contributed by atoms with Crippen LogP contribution in [0.25, 0.3) is 86.2 Å². The smallest absolute Gasteiger partial charge is 0.174 e. The van der Waals surface area contributed by atoms with Crippen LogP contribution in [0.5, 0.6) is 17.2 Å². The first kappa shape index (κ1) is 75.4. The molecule has 16 aromatic carbocycles. The zero-order chi connectivity index (χ0) is 76.2. The highest BCUT2D eigenvalue weighted by molar-refractivity contribution is 7.98. The third-order valence-electron chi connectivity index (χ3n) is 24.8. The molecule has 0 N–H and O–H groups in total. The number of benzene rings is 16. The summed E-state index contributed by atoms with van der Waals surface area (Å²) >= 11 is 0. The maximum atomic E-state index is 6.55. The molecule has 4 saturated carbocycles. The van der Waals surface area contributed by atoms with E-state index in [1.165, 1.54) is 254 Å². The van der Waals surface area contributed by atoms with Gasteiger partial charge in [-0.1, -0.05) is 271 Å². The maximum Gasteiger partial charge on any atom is 0.174 e. The topological polar surface area (TPSA) is 27.7 Å². The van der Waals surface area contributed by atoms with Crippen molar-refractivity contribution in [1.82, 2.24) is 0 Å². The van der Waals surface area contributed by atoms with Gasteiger partial charge >= 0.3 is 0 Å². The molecule has 1 unspecified atom stereocenters.